The highest BCUT2D eigenvalue weighted by Gasteiger charge is 2.06. The lowest BCUT2D eigenvalue weighted by Crippen LogP contribution is -2.19. The van der Waals surface area contributed by atoms with Crippen LogP contribution in [0.4, 0.5) is 10.5 Å². The monoisotopic (exact) mass is 202 g/mol. The molecule has 0 heterocycles. The van der Waals surface area contributed by atoms with Crippen LogP contribution in [0.5, 0.6) is 5.75 Å². The Balaban J connectivity index is 2.59. The molecule has 0 saturated carbocycles. The van der Waals surface area contributed by atoms with E-state index >= 15 is 0 Å². The second kappa shape index (κ2) is 3.49. The molecule has 0 saturated heterocycles. The van der Waals surface area contributed by atoms with Crippen molar-refractivity contribution in [1.29, 1.82) is 0 Å². The summed E-state index contributed by atoms with van der Waals surface area (Å²) >= 11 is 0. The number of fused-ring (bicyclic) bond motifs is 1. The lowest BCUT2D eigenvalue weighted by atomic mass is 10.1. The molecule has 76 valence electrons. The molecule has 2 amide bonds. The fourth-order valence-electron chi connectivity index (χ4n) is 1.49. The molecule has 15 heavy (non-hydrogen) atoms. The molecule has 0 spiro atoms. The Morgan fingerprint density at radius 1 is 1.20 bits per heavy atom. The number of benzene rings is 2. The van der Waals surface area contributed by atoms with E-state index in [0.717, 1.165) is 5.39 Å². The second-order valence-corrected chi connectivity index (χ2v) is 3.17. The SMILES string of the molecule is NC(=O)Nc1ccc2ccccc2c1O. The summed E-state index contributed by atoms with van der Waals surface area (Å²) in [6.45, 7) is 0. The number of carbonyl (C=O) groups is 1. The van der Waals surface area contributed by atoms with Crippen LogP contribution >= 0.6 is 0 Å². The number of hydrogen-bond acceptors (Lipinski definition) is 2. The fourth-order valence-corrected chi connectivity index (χ4v) is 1.49. The Morgan fingerprint density at radius 2 is 1.93 bits per heavy atom. The van der Waals surface area contributed by atoms with Gasteiger partial charge < -0.3 is 16.2 Å². The molecule has 0 aromatic heterocycles. The van der Waals surface area contributed by atoms with Crippen LogP contribution in [0.15, 0.2) is 36.4 Å². The average Bonchev–Trinajstić information content (AvgIpc) is 2.22. The predicted octanol–water partition coefficient (Wildman–Crippen LogP) is 2.04. The smallest absolute Gasteiger partial charge is 0.316 e. The van der Waals surface area contributed by atoms with Crippen molar-refractivity contribution in [3.63, 3.8) is 0 Å². The maximum atomic E-state index is 10.7. The van der Waals surface area contributed by atoms with Gasteiger partial charge in [-0.05, 0) is 11.5 Å². The first-order valence-electron chi connectivity index (χ1n) is 4.45. The minimum absolute atomic E-state index is 0.0342. The number of nitrogens with two attached hydrogens (primary N) is 1. The largest absolute Gasteiger partial charge is 0.505 e. The number of phenols is 1. The van der Waals surface area contributed by atoms with E-state index in [4.69, 9.17) is 5.73 Å². The van der Waals surface area contributed by atoms with E-state index in [0.29, 0.717) is 11.1 Å². The fraction of sp³-hybridized carbons (Fsp3) is 0. The number of amides is 2. The maximum absolute atomic E-state index is 10.7. The maximum Gasteiger partial charge on any atom is 0.316 e. The molecule has 0 aliphatic rings. The molecule has 0 unspecified atom stereocenters. The number of anilines is 1. The molecule has 0 aliphatic carbocycles. The molecule has 0 radical (unpaired) electrons. The molecule has 2 aromatic carbocycles. The van der Waals surface area contributed by atoms with Gasteiger partial charge in [-0.3, -0.25) is 0 Å². The highest BCUT2D eigenvalue weighted by atomic mass is 16.3. The zero-order valence-corrected chi connectivity index (χ0v) is 7.90. The van der Waals surface area contributed by atoms with Crippen LogP contribution in [0.1, 0.15) is 0 Å². The first-order chi connectivity index (χ1) is 7.18. The predicted molar refractivity (Wildman–Crippen MR) is 58.8 cm³/mol. The average molecular weight is 202 g/mol. The van der Waals surface area contributed by atoms with Crippen LogP contribution in [-0.2, 0) is 0 Å². The number of nitrogens with one attached hydrogen (secondary N) is 1. The summed E-state index contributed by atoms with van der Waals surface area (Å²) in [5.41, 5.74) is 5.30. The first-order valence-corrected chi connectivity index (χ1v) is 4.45. The highest BCUT2D eigenvalue weighted by molar-refractivity contribution is 5.98. The van der Waals surface area contributed by atoms with E-state index in [9.17, 15) is 9.90 Å². The molecule has 4 heteroatoms. The van der Waals surface area contributed by atoms with Gasteiger partial charge in [0.1, 0.15) is 5.75 Å². The Labute approximate surface area is 86.3 Å². The minimum atomic E-state index is -0.694. The van der Waals surface area contributed by atoms with Gasteiger partial charge >= 0.3 is 6.03 Å². The number of aromatic hydroxyl groups is 1. The zero-order valence-electron chi connectivity index (χ0n) is 7.90. The number of primary amides is 1. The third kappa shape index (κ3) is 1.69. The van der Waals surface area contributed by atoms with Crippen LogP contribution in [0.3, 0.4) is 0 Å². The van der Waals surface area contributed by atoms with E-state index in [2.05, 4.69) is 5.32 Å². The van der Waals surface area contributed by atoms with E-state index in [1.54, 1.807) is 18.2 Å². The van der Waals surface area contributed by atoms with Crippen molar-refractivity contribution in [1.82, 2.24) is 0 Å². The van der Waals surface area contributed by atoms with Crippen LogP contribution in [0.2, 0.25) is 0 Å². The summed E-state index contributed by atoms with van der Waals surface area (Å²) in [5, 5.41) is 13.8. The number of hydrogen-bond donors (Lipinski definition) is 3. The van der Waals surface area contributed by atoms with Gasteiger partial charge in [0.05, 0.1) is 5.69 Å². The molecule has 0 fully saturated rings. The lowest BCUT2D eigenvalue weighted by molar-refractivity contribution is 0.259. The van der Waals surface area contributed by atoms with Gasteiger partial charge in [-0.25, -0.2) is 4.79 Å². The topological polar surface area (TPSA) is 75.4 Å². The van der Waals surface area contributed by atoms with Crippen molar-refractivity contribution in [2.45, 2.75) is 0 Å². The molecule has 4 N–H and O–H groups in total. The molecule has 2 aromatic rings. The summed E-state index contributed by atoms with van der Waals surface area (Å²) in [6, 6.07) is 10.1. The Morgan fingerprint density at radius 3 is 2.67 bits per heavy atom. The van der Waals surface area contributed by atoms with Gasteiger partial charge in [0, 0.05) is 5.39 Å². The Hall–Kier alpha value is -2.23. The molecule has 0 bridgehead atoms. The van der Waals surface area contributed by atoms with Gasteiger partial charge in [0.25, 0.3) is 0 Å². The number of rotatable bonds is 1. The van der Waals surface area contributed by atoms with Crippen LogP contribution in [0.25, 0.3) is 10.8 Å². The summed E-state index contributed by atoms with van der Waals surface area (Å²) in [4.78, 5) is 10.7. The van der Waals surface area contributed by atoms with Gasteiger partial charge in [-0.15, -0.1) is 0 Å². The molecule has 4 nitrogen and oxygen atoms in total. The molecule has 0 aliphatic heterocycles. The number of phenolic OH excluding ortho intramolecular Hbond substituents is 1. The van der Waals surface area contributed by atoms with E-state index in [-0.39, 0.29) is 5.75 Å². The lowest BCUT2D eigenvalue weighted by Gasteiger charge is -2.07. The number of carbonyl (C=O) groups excluding carboxylic acids is 1. The van der Waals surface area contributed by atoms with Crippen molar-refractivity contribution in [2.24, 2.45) is 5.73 Å². The van der Waals surface area contributed by atoms with Gasteiger partial charge in [-0.2, -0.15) is 0 Å². The molecular formula is C11H10N2O2. The van der Waals surface area contributed by atoms with Crippen LogP contribution in [0, 0.1) is 0 Å². The third-order valence-corrected chi connectivity index (χ3v) is 2.16. The molecular weight excluding hydrogens is 192 g/mol. The van der Waals surface area contributed by atoms with Gasteiger partial charge in [0.15, 0.2) is 0 Å². The second-order valence-electron chi connectivity index (χ2n) is 3.17. The molecule has 2 rings (SSSR count). The standard InChI is InChI=1S/C11H10N2O2/c12-11(15)13-9-6-5-7-3-1-2-4-8(7)10(9)14/h1-6,14H,(H3,12,13,15). The minimum Gasteiger partial charge on any atom is -0.505 e. The Bertz CT molecular complexity index is 523. The quantitative estimate of drug-likeness (QED) is 0.619. The summed E-state index contributed by atoms with van der Waals surface area (Å²) < 4.78 is 0. The van der Waals surface area contributed by atoms with Gasteiger partial charge in [0.2, 0.25) is 0 Å². The highest BCUT2D eigenvalue weighted by Crippen LogP contribution is 2.32. The van der Waals surface area contributed by atoms with Crippen molar-refractivity contribution in [2.75, 3.05) is 5.32 Å². The third-order valence-electron chi connectivity index (χ3n) is 2.16. The van der Waals surface area contributed by atoms with E-state index < -0.39 is 6.03 Å². The normalized spacial score (nSPS) is 10.1. The van der Waals surface area contributed by atoms with E-state index in [1.165, 1.54) is 0 Å². The summed E-state index contributed by atoms with van der Waals surface area (Å²) in [7, 11) is 0. The van der Waals surface area contributed by atoms with Crippen molar-refractivity contribution in [3.05, 3.63) is 36.4 Å². The van der Waals surface area contributed by atoms with Crippen molar-refractivity contribution in [3.8, 4) is 5.75 Å². The van der Waals surface area contributed by atoms with Gasteiger partial charge in [-0.1, -0.05) is 30.3 Å². The number of urea groups is 1. The van der Waals surface area contributed by atoms with Crippen molar-refractivity contribution >= 4 is 22.5 Å². The Kier molecular flexibility index (Phi) is 2.17. The van der Waals surface area contributed by atoms with Crippen LogP contribution < -0.4 is 11.1 Å². The van der Waals surface area contributed by atoms with Crippen LogP contribution in [-0.4, -0.2) is 11.1 Å². The summed E-state index contributed by atoms with van der Waals surface area (Å²) in [5.74, 6) is 0.0342. The molecule has 0 atom stereocenters. The summed E-state index contributed by atoms with van der Waals surface area (Å²) in [6.07, 6.45) is 0. The van der Waals surface area contributed by atoms with E-state index in [1.807, 2.05) is 18.2 Å². The zero-order chi connectivity index (χ0) is 10.8. The van der Waals surface area contributed by atoms with Crippen molar-refractivity contribution < 1.29 is 9.90 Å². The first kappa shape index (κ1) is 9.33.